The summed E-state index contributed by atoms with van der Waals surface area (Å²) in [5.74, 6) is -3.72. The fraction of sp³-hybridized carbons (Fsp3) is 0.500. The molecule has 36 heavy (non-hydrogen) atoms. The van der Waals surface area contributed by atoms with E-state index in [0.29, 0.717) is 5.56 Å². The summed E-state index contributed by atoms with van der Waals surface area (Å²) in [6, 6.07) is 2.17. The van der Waals surface area contributed by atoms with Crippen LogP contribution < -0.4 is 21.7 Å². The van der Waals surface area contributed by atoms with Gasteiger partial charge in [-0.25, -0.2) is 4.79 Å². The minimum absolute atomic E-state index is 0.0298. The number of nitrogens with two attached hydrogens (primary N) is 1. The number of hydrogen-bond donors (Lipinski definition) is 8. The number of nitrogens with one attached hydrogen (secondary N) is 4. The molecular formula is C24H35N5O7. The van der Waals surface area contributed by atoms with E-state index in [2.05, 4.69) is 20.9 Å². The van der Waals surface area contributed by atoms with Crippen molar-refractivity contribution in [3.8, 4) is 0 Å². The third-order valence-corrected chi connectivity index (χ3v) is 5.65. The molecule has 1 aromatic carbocycles. The highest BCUT2D eigenvalue weighted by atomic mass is 16.4. The Kier molecular flexibility index (Phi) is 10.4. The number of para-hydroxylation sites is 1. The molecule has 0 aliphatic rings. The van der Waals surface area contributed by atoms with Crippen molar-refractivity contribution in [1.82, 2.24) is 20.9 Å². The van der Waals surface area contributed by atoms with Gasteiger partial charge < -0.3 is 42.0 Å². The number of hydrogen-bond acceptors (Lipinski definition) is 7. The van der Waals surface area contributed by atoms with Gasteiger partial charge in [-0.15, -0.1) is 0 Å². The van der Waals surface area contributed by atoms with E-state index in [1.54, 1.807) is 6.20 Å². The van der Waals surface area contributed by atoms with Gasteiger partial charge in [0.25, 0.3) is 0 Å². The zero-order chi connectivity index (χ0) is 27.0. The Morgan fingerprint density at radius 1 is 0.972 bits per heavy atom. The van der Waals surface area contributed by atoms with Gasteiger partial charge in [-0.2, -0.15) is 0 Å². The number of carbonyl (C=O) groups excluding carboxylic acids is 3. The molecule has 1 heterocycles. The molecule has 0 radical (unpaired) electrons. The van der Waals surface area contributed by atoms with Crippen LogP contribution in [-0.4, -0.2) is 80.9 Å². The van der Waals surface area contributed by atoms with E-state index in [0.717, 1.165) is 10.9 Å². The van der Waals surface area contributed by atoms with Gasteiger partial charge in [-0.3, -0.25) is 14.4 Å². The molecule has 0 saturated heterocycles. The molecular weight excluding hydrogens is 470 g/mol. The molecule has 0 bridgehead atoms. The second-order valence-corrected chi connectivity index (χ2v) is 9.17. The van der Waals surface area contributed by atoms with Crippen molar-refractivity contribution in [2.75, 3.05) is 6.61 Å². The highest BCUT2D eigenvalue weighted by molar-refractivity contribution is 5.94. The van der Waals surface area contributed by atoms with Gasteiger partial charge in [0, 0.05) is 23.5 Å². The lowest BCUT2D eigenvalue weighted by Gasteiger charge is -2.27. The molecule has 12 nitrogen and oxygen atoms in total. The Bertz CT molecular complexity index is 1070. The number of carboxylic acids is 1. The van der Waals surface area contributed by atoms with Crippen molar-refractivity contribution >= 4 is 34.6 Å². The predicted molar refractivity (Wildman–Crippen MR) is 132 cm³/mol. The summed E-state index contributed by atoms with van der Waals surface area (Å²) in [5, 5.41) is 37.0. The van der Waals surface area contributed by atoms with Crippen LogP contribution in [0.2, 0.25) is 0 Å². The van der Waals surface area contributed by atoms with Crippen LogP contribution in [-0.2, 0) is 25.6 Å². The van der Waals surface area contributed by atoms with E-state index in [-0.39, 0.29) is 18.8 Å². The fourth-order valence-electron chi connectivity index (χ4n) is 3.71. The SMILES string of the molecule is CC(C)CC(NC(=O)C(N)CO)C(=O)NC(C(=O)NC(Cc1c[nH]c2ccccc12)C(=O)O)C(C)O. The topological polar surface area (TPSA) is 207 Å². The summed E-state index contributed by atoms with van der Waals surface area (Å²) in [6.45, 7) is 4.30. The Balaban J connectivity index is 2.15. The Labute approximate surface area is 208 Å². The summed E-state index contributed by atoms with van der Waals surface area (Å²) in [6.07, 6.45) is 0.460. The van der Waals surface area contributed by atoms with Gasteiger partial charge in [0.15, 0.2) is 0 Å². The van der Waals surface area contributed by atoms with E-state index >= 15 is 0 Å². The molecule has 5 atom stereocenters. The van der Waals surface area contributed by atoms with Crippen LogP contribution in [0.4, 0.5) is 0 Å². The smallest absolute Gasteiger partial charge is 0.326 e. The van der Waals surface area contributed by atoms with Crippen molar-refractivity contribution in [2.45, 2.75) is 63.9 Å². The average Bonchev–Trinajstić information content (AvgIpc) is 3.22. The van der Waals surface area contributed by atoms with Gasteiger partial charge in [0.1, 0.15) is 24.2 Å². The minimum Gasteiger partial charge on any atom is -0.480 e. The minimum atomic E-state index is -1.49. The lowest BCUT2D eigenvalue weighted by atomic mass is 10.0. The van der Waals surface area contributed by atoms with E-state index in [1.807, 2.05) is 38.1 Å². The average molecular weight is 506 g/mol. The number of H-pyrrole nitrogens is 1. The van der Waals surface area contributed by atoms with Crippen LogP contribution in [0, 0.1) is 5.92 Å². The zero-order valence-electron chi connectivity index (χ0n) is 20.5. The zero-order valence-corrected chi connectivity index (χ0v) is 20.5. The lowest BCUT2D eigenvalue weighted by molar-refractivity contribution is -0.143. The molecule has 12 heteroatoms. The third-order valence-electron chi connectivity index (χ3n) is 5.65. The predicted octanol–water partition coefficient (Wildman–Crippen LogP) is -1.00. The Hall–Kier alpha value is -3.48. The van der Waals surface area contributed by atoms with Crippen LogP contribution >= 0.6 is 0 Å². The van der Waals surface area contributed by atoms with Crippen molar-refractivity contribution < 1.29 is 34.5 Å². The summed E-state index contributed by atoms with van der Waals surface area (Å²) < 4.78 is 0. The summed E-state index contributed by atoms with van der Waals surface area (Å²) >= 11 is 0. The molecule has 0 aliphatic heterocycles. The highest BCUT2D eigenvalue weighted by Gasteiger charge is 2.33. The molecule has 5 unspecified atom stereocenters. The number of rotatable bonds is 13. The quantitative estimate of drug-likeness (QED) is 0.169. The molecule has 9 N–H and O–H groups in total. The molecule has 0 spiro atoms. The number of benzene rings is 1. The summed E-state index contributed by atoms with van der Waals surface area (Å²) in [7, 11) is 0. The standard InChI is InChI=1S/C24H35N5O7/c1-12(2)8-18(27-21(32)16(25)11-30)22(33)29-20(13(3)31)23(34)28-19(24(35)36)9-14-10-26-17-7-5-4-6-15(14)17/h4-7,10,12-13,16,18-20,26,30-31H,8-9,11,25H2,1-3H3,(H,27,32)(H,28,34)(H,29,33)(H,35,36). The largest absolute Gasteiger partial charge is 0.480 e. The maximum Gasteiger partial charge on any atom is 0.326 e. The van der Waals surface area contributed by atoms with Crippen molar-refractivity contribution in [1.29, 1.82) is 0 Å². The molecule has 0 aliphatic carbocycles. The van der Waals surface area contributed by atoms with Crippen LogP contribution in [0.5, 0.6) is 0 Å². The fourth-order valence-corrected chi connectivity index (χ4v) is 3.71. The maximum atomic E-state index is 13.0. The van der Waals surface area contributed by atoms with Gasteiger partial charge in [0.2, 0.25) is 17.7 Å². The van der Waals surface area contributed by atoms with Gasteiger partial charge >= 0.3 is 5.97 Å². The number of carbonyl (C=O) groups is 4. The van der Waals surface area contributed by atoms with Crippen LogP contribution in [0.25, 0.3) is 10.9 Å². The van der Waals surface area contributed by atoms with Crippen LogP contribution in [0.15, 0.2) is 30.5 Å². The second-order valence-electron chi connectivity index (χ2n) is 9.17. The maximum absolute atomic E-state index is 13.0. The van der Waals surface area contributed by atoms with Gasteiger partial charge in [0.05, 0.1) is 12.7 Å². The first-order chi connectivity index (χ1) is 16.9. The number of aliphatic hydroxyl groups excluding tert-OH is 2. The molecule has 2 rings (SSSR count). The van der Waals surface area contributed by atoms with E-state index < -0.39 is 60.6 Å². The molecule has 3 amide bonds. The first kappa shape index (κ1) is 28.8. The molecule has 1 aromatic heterocycles. The molecule has 0 fully saturated rings. The van der Waals surface area contributed by atoms with E-state index in [9.17, 15) is 29.4 Å². The van der Waals surface area contributed by atoms with Crippen LogP contribution in [0.3, 0.4) is 0 Å². The number of fused-ring (bicyclic) bond motifs is 1. The monoisotopic (exact) mass is 505 g/mol. The molecule has 198 valence electrons. The highest BCUT2D eigenvalue weighted by Crippen LogP contribution is 2.19. The number of carboxylic acid groups (broad SMARTS) is 1. The Morgan fingerprint density at radius 2 is 1.61 bits per heavy atom. The van der Waals surface area contributed by atoms with Crippen molar-refractivity contribution in [3.05, 3.63) is 36.0 Å². The van der Waals surface area contributed by atoms with Crippen molar-refractivity contribution in [3.63, 3.8) is 0 Å². The molecule has 0 saturated carbocycles. The number of aliphatic carboxylic acids is 1. The molecule has 2 aromatic rings. The number of aromatic nitrogens is 1. The lowest BCUT2D eigenvalue weighted by Crippen LogP contribution is -2.60. The number of aliphatic hydroxyl groups is 2. The van der Waals surface area contributed by atoms with E-state index in [1.165, 1.54) is 6.92 Å². The normalized spacial score (nSPS) is 15.5. The summed E-state index contributed by atoms with van der Waals surface area (Å²) in [4.78, 5) is 52.9. The van der Waals surface area contributed by atoms with Gasteiger partial charge in [-0.05, 0) is 30.9 Å². The number of amides is 3. The summed E-state index contributed by atoms with van der Waals surface area (Å²) in [5.41, 5.74) is 7.00. The van der Waals surface area contributed by atoms with Crippen molar-refractivity contribution in [2.24, 2.45) is 11.7 Å². The van der Waals surface area contributed by atoms with E-state index in [4.69, 9.17) is 10.8 Å². The first-order valence-corrected chi connectivity index (χ1v) is 11.7. The first-order valence-electron chi connectivity index (χ1n) is 11.7. The van der Waals surface area contributed by atoms with Crippen LogP contribution in [0.1, 0.15) is 32.8 Å². The second kappa shape index (κ2) is 13.0. The third kappa shape index (κ3) is 7.77. The van der Waals surface area contributed by atoms with Gasteiger partial charge in [-0.1, -0.05) is 32.0 Å². The number of aromatic amines is 1. The Morgan fingerprint density at radius 3 is 2.19 bits per heavy atom.